The number of benzene rings is 2. The van der Waals surface area contributed by atoms with Gasteiger partial charge in [0.1, 0.15) is 5.69 Å². The van der Waals surface area contributed by atoms with E-state index in [1.54, 1.807) is 4.68 Å². The topological polar surface area (TPSA) is 82.2 Å². The first kappa shape index (κ1) is 17.9. The van der Waals surface area contributed by atoms with E-state index < -0.39 is 0 Å². The third kappa shape index (κ3) is 3.70. The van der Waals surface area contributed by atoms with E-state index in [0.29, 0.717) is 12.3 Å². The number of nitrogens with one attached hydrogen (secondary N) is 1. The predicted octanol–water partition coefficient (Wildman–Crippen LogP) is 2.39. The van der Waals surface area contributed by atoms with Crippen LogP contribution < -0.4 is 15.8 Å². The van der Waals surface area contributed by atoms with Gasteiger partial charge < -0.3 is 15.8 Å². The second kappa shape index (κ2) is 7.58. The summed E-state index contributed by atoms with van der Waals surface area (Å²) in [6.45, 7) is 4.01. The molecule has 0 aliphatic heterocycles. The zero-order valence-corrected chi connectivity index (χ0v) is 15.3. The van der Waals surface area contributed by atoms with Gasteiger partial charge in [-0.05, 0) is 36.2 Å². The number of aromatic nitrogens is 2. The quantitative estimate of drug-likeness (QED) is 0.714. The van der Waals surface area contributed by atoms with Crippen molar-refractivity contribution in [1.82, 2.24) is 15.1 Å². The fourth-order valence-corrected chi connectivity index (χ4v) is 3.04. The molecule has 0 spiro atoms. The molecular formula is C20H24N4O2. The summed E-state index contributed by atoms with van der Waals surface area (Å²) in [5, 5.41) is 9.51. The van der Waals surface area contributed by atoms with Crippen LogP contribution in [0.15, 0.2) is 42.5 Å². The molecule has 3 aromatic rings. The van der Waals surface area contributed by atoms with E-state index in [2.05, 4.69) is 22.5 Å². The van der Waals surface area contributed by atoms with Crippen molar-refractivity contribution in [3.8, 4) is 5.75 Å². The average Bonchev–Trinajstić information content (AvgIpc) is 2.89. The summed E-state index contributed by atoms with van der Waals surface area (Å²) in [5.41, 5.74) is 8.52. The average molecular weight is 352 g/mol. The summed E-state index contributed by atoms with van der Waals surface area (Å²) in [4.78, 5) is 12.3. The lowest BCUT2D eigenvalue weighted by Gasteiger charge is -2.18. The highest BCUT2D eigenvalue weighted by atomic mass is 16.5. The molecule has 1 aromatic heterocycles. The van der Waals surface area contributed by atoms with E-state index in [4.69, 9.17) is 10.5 Å². The van der Waals surface area contributed by atoms with E-state index in [1.165, 1.54) is 0 Å². The molecule has 1 heterocycles. The van der Waals surface area contributed by atoms with Gasteiger partial charge in [-0.3, -0.25) is 9.48 Å². The summed E-state index contributed by atoms with van der Waals surface area (Å²) >= 11 is 0. The first-order valence-electron chi connectivity index (χ1n) is 8.60. The van der Waals surface area contributed by atoms with Crippen LogP contribution in [0.1, 0.15) is 23.0 Å². The molecule has 1 atom stereocenters. The van der Waals surface area contributed by atoms with Gasteiger partial charge in [-0.1, -0.05) is 36.4 Å². The Balaban J connectivity index is 1.67. The van der Waals surface area contributed by atoms with E-state index >= 15 is 0 Å². The summed E-state index contributed by atoms with van der Waals surface area (Å²) < 4.78 is 7.40. The van der Waals surface area contributed by atoms with Crippen molar-refractivity contribution in [2.75, 3.05) is 13.2 Å². The van der Waals surface area contributed by atoms with E-state index in [0.717, 1.165) is 27.7 Å². The molecule has 0 saturated carbocycles. The standard InChI is InChI=1S/C20H24N4O2/c1-13-20(14(2)24(3)23-13)26-12-19(25)22-18(11-21)17-9-8-15-6-4-5-7-16(15)10-17/h4-10,18H,11-12,21H2,1-3H3,(H,22,25). The highest BCUT2D eigenvalue weighted by Gasteiger charge is 2.16. The number of carbonyl (C=O) groups excluding carboxylic acids is 1. The zero-order valence-electron chi connectivity index (χ0n) is 15.3. The van der Waals surface area contributed by atoms with Crippen molar-refractivity contribution in [3.05, 3.63) is 59.4 Å². The molecule has 0 radical (unpaired) electrons. The Labute approximate surface area is 152 Å². The van der Waals surface area contributed by atoms with Crippen molar-refractivity contribution in [2.24, 2.45) is 12.8 Å². The van der Waals surface area contributed by atoms with E-state index in [1.807, 2.05) is 51.2 Å². The highest BCUT2D eigenvalue weighted by molar-refractivity contribution is 5.83. The second-order valence-corrected chi connectivity index (χ2v) is 6.37. The summed E-state index contributed by atoms with van der Waals surface area (Å²) in [7, 11) is 1.85. The summed E-state index contributed by atoms with van der Waals surface area (Å²) in [6.07, 6.45) is 0. The monoisotopic (exact) mass is 352 g/mol. The Morgan fingerprint density at radius 1 is 1.23 bits per heavy atom. The summed E-state index contributed by atoms with van der Waals surface area (Å²) in [5.74, 6) is 0.439. The van der Waals surface area contributed by atoms with Gasteiger partial charge in [0, 0.05) is 13.6 Å². The third-order valence-electron chi connectivity index (χ3n) is 4.54. The van der Waals surface area contributed by atoms with Crippen LogP contribution in [0, 0.1) is 13.8 Å². The van der Waals surface area contributed by atoms with Crippen molar-refractivity contribution in [1.29, 1.82) is 0 Å². The van der Waals surface area contributed by atoms with Crippen LogP contribution in [0.3, 0.4) is 0 Å². The predicted molar refractivity (Wildman–Crippen MR) is 102 cm³/mol. The molecule has 0 aliphatic rings. The molecule has 3 rings (SSSR count). The number of rotatable bonds is 6. The maximum absolute atomic E-state index is 12.3. The third-order valence-corrected chi connectivity index (χ3v) is 4.54. The maximum Gasteiger partial charge on any atom is 0.258 e. The van der Waals surface area contributed by atoms with Crippen LogP contribution in [-0.4, -0.2) is 28.8 Å². The molecule has 26 heavy (non-hydrogen) atoms. The van der Waals surface area contributed by atoms with Crippen molar-refractivity contribution < 1.29 is 9.53 Å². The molecule has 1 amide bonds. The molecule has 0 fully saturated rings. The van der Waals surface area contributed by atoms with Gasteiger partial charge in [-0.25, -0.2) is 0 Å². The number of aryl methyl sites for hydroxylation is 2. The Bertz CT molecular complexity index is 933. The Hall–Kier alpha value is -2.86. The molecule has 0 bridgehead atoms. The van der Waals surface area contributed by atoms with Gasteiger partial charge in [0.05, 0.1) is 11.7 Å². The molecule has 2 aromatic carbocycles. The highest BCUT2D eigenvalue weighted by Crippen LogP contribution is 2.22. The lowest BCUT2D eigenvalue weighted by atomic mass is 10.0. The maximum atomic E-state index is 12.3. The van der Waals surface area contributed by atoms with Gasteiger partial charge >= 0.3 is 0 Å². The van der Waals surface area contributed by atoms with Crippen molar-refractivity contribution in [2.45, 2.75) is 19.9 Å². The van der Waals surface area contributed by atoms with Crippen molar-refractivity contribution >= 4 is 16.7 Å². The minimum absolute atomic E-state index is 0.0720. The molecule has 3 N–H and O–H groups in total. The number of nitrogens with zero attached hydrogens (tertiary/aromatic N) is 2. The SMILES string of the molecule is Cc1nn(C)c(C)c1OCC(=O)NC(CN)c1ccc2ccccc2c1. The van der Waals surface area contributed by atoms with Crippen LogP contribution in [0.2, 0.25) is 0 Å². The fraction of sp³-hybridized carbons (Fsp3) is 0.300. The van der Waals surface area contributed by atoms with Gasteiger partial charge in [-0.15, -0.1) is 0 Å². The minimum atomic E-state index is -0.258. The molecule has 136 valence electrons. The van der Waals surface area contributed by atoms with Crippen LogP contribution >= 0.6 is 0 Å². The Morgan fingerprint density at radius 2 is 1.96 bits per heavy atom. The Morgan fingerprint density at radius 3 is 2.62 bits per heavy atom. The van der Waals surface area contributed by atoms with Gasteiger partial charge in [0.25, 0.3) is 5.91 Å². The number of carbonyl (C=O) groups is 1. The number of hydrogen-bond acceptors (Lipinski definition) is 4. The van der Waals surface area contributed by atoms with Crippen molar-refractivity contribution in [3.63, 3.8) is 0 Å². The number of hydrogen-bond donors (Lipinski definition) is 2. The molecular weight excluding hydrogens is 328 g/mol. The fourth-order valence-electron chi connectivity index (χ4n) is 3.04. The first-order chi connectivity index (χ1) is 12.5. The van der Waals surface area contributed by atoms with Crippen LogP contribution in [-0.2, 0) is 11.8 Å². The second-order valence-electron chi connectivity index (χ2n) is 6.37. The van der Waals surface area contributed by atoms with E-state index in [-0.39, 0.29) is 18.6 Å². The van der Waals surface area contributed by atoms with Crippen LogP contribution in [0.4, 0.5) is 0 Å². The minimum Gasteiger partial charge on any atom is -0.480 e. The zero-order chi connectivity index (χ0) is 18.7. The normalized spacial score (nSPS) is 12.2. The smallest absolute Gasteiger partial charge is 0.258 e. The van der Waals surface area contributed by atoms with Crippen LogP contribution in [0.5, 0.6) is 5.75 Å². The van der Waals surface area contributed by atoms with Gasteiger partial charge in [0.15, 0.2) is 12.4 Å². The molecule has 6 nitrogen and oxygen atoms in total. The summed E-state index contributed by atoms with van der Waals surface area (Å²) in [6, 6.07) is 13.9. The van der Waals surface area contributed by atoms with Gasteiger partial charge in [0.2, 0.25) is 0 Å². The Kier molecular flexibility index (Phi) is 5.23. The lowest BCUT2D eigenvalue weighted by Crippen LogP contribution is -2.36. The van der Waals surface area contributed by atoms with Crippen LogP contribution in [0.25, 0.3) is 10.8 Å². The lowest BCUT2D eigenvalue weighted by molar-refractivity contribution is -0.123. The number of nitrogens with two attached hydrogens (primary N) is 1. The largest absolute Gasteiger partial charge is 0.480 e. The number of amides is 1. The van der Waals surface area contributed by atoms with E-state index in [9.17, 15) is 4.79 Å². The van der Waals surface area contributed by atoms with Gasteiger partial charge in [-0.2, -0.15) is 5.10 Å². The number of fused-ring (bicyclic) bond motifs is 1. The first-order valence-corrected chi connectivity index (χ1v) is 8.60. The molecule has 1 unspecified atom stereocenters. The molecule has 0 saturated heterocycles. The number of ether oxygens (including phenoxy) is 1. The molecule has 6 heteroatoms. The molecule has 0 aliphatic carbocycles.